The van der Waals surface area contributed by atoms with Crippen LogP contribution in [-0.4, -0.2) is 17.2 Å². The summed E-state index contributed by atoms with van der Waals surface area (Å²) >= 11 is 0. The molecule has 1 saturated carbocycles. The molecule has 0 aliphatic heterocycles. The molecule has 1 aromatic rings. The maximum atomic E-state index is 13.3. The van der Waals surface area contributed by atoms with Gasteiger partial charge in [-0.2, -0.15) is 0 Å². The van der Waals surface area contributed by atoms with Gasteiger partial charge in [-0.1, -0.05) is 6.07 Å². The zero-order valence-corrected chi connectivity index (χ0v) is 8.78. The fraction of sp³-hybridized carbons (Fsp3) is 0.417. The summed E-state index contributed by atoms with van der Waals surface area (Å²) in [5, 5.41) is 8.65. The third-order valence-corrected chi connectivity index (χ3v) is 2.80. The van der Waals surface area contributed by atoms with Gasteiger partial charge in [0.15, 0.2) is 0 Å². The molecular weight excluding hydrogens is 211 g/mol. The van der Waals surface area contributed by atoms with Crippen LogP contribution >= 0.6 is 0 Å². The van der Waals surface area contributed by atoms with Crippen molar-refractivity contribution in [3.8, 4) is 0 Å². The largest absolute Gasteiger partial charge is 0.478 e. The second-order valence-electron chi connectivity index (χ2n) is 3.98. The maximum absolute atomic E-state index is 13.3. The van der Waals surface area contributed by atoms with Crippen molar-refractivity contribution in [2.75, 3.05) is 0 Å². The summed E-state index contributed by atoms with van der Waals surface area (Å²) in [6, 6.07) is 4.09. The van der Waals surface area contributed by atoms with E-state index in [1.807, 2.05) is 0 Å². The van der Waals surface area contributed by atoms with E-state index in [1.54, 1.807) is 6.07 Å². The summed E-state index contributed by atoms with van der Waals surface area (Å²) < 4.78 is 18.8. The first-order valence-electron chi connectivity index (χ1n) is 5.30. The molecule has 2 rings (SSSR count). The highest BCUT2D eigenvalue weighted by Gasteiger charge is 2.18. The number of hydrogen-bond donors (Lipinski definition) is 1. The molecule has 0 atom stereocenters. The minimum atomic E-state index is -1.25. The number of carboxylic acid groups (broad SMARTS) is 1. The van der Waals surface area contributed by atoms with E-state index in [-0.39, 0.29) is 5.56 Å². The molecule has 0 saturated heterocycles. The van der Waals surface area contributed by atoms with Crippen LogP contribution in [0.4, 0.5) is 4.39 Å². The van der Waals surface area contributed by atoms with Crippen LogP contribution in [0.3, 0.4) is 0 Å². The smallest absolute Gasteiger partial charge is 0.338 e. The van der Waals surface area contributed by atoms with Gasteiger partial charge < -0.3 is 9.84 Å². The molecule has 0 radical (unpaired) electrons. The molecule has 1 N–H and O–H groups in total. The average Bonchev–Trinajstić information content (AvgIpc) is 2.14. The molecule has 1 aliphatic rings. The summed E-state index contributed by atoms with van der Waals surface area (Å²) in [6.07, 6.45) is 3.62. The molecule has 1 aliphatic carbocycles. The van der Waals surface area contributed by atoms with Crippen molar-refractivity contribution in [2.45, 2.75) is 32.0 Å². The van der Waals surface area contributed by atoms with Gasteiger partial charge in [0.25, 0.3) is 0 Å². The molecule has 1 fully saturated rings. The van der Waals surface area contributed by atoms with Gasteiger partial charge in [0, 0.05) is 0 Å². The van der Waals surface area contributed by atoms with Crippen molar-refractivity contribution in [2.24, 2.45) is 0 Å². The fourth-order valence-corrected chi connectivity index (χ4v) is 1.57. The van der Waals surface area contributed by atoms with E-state index >= 15 is 0 Å². The lowest BCUT2D eigenvalue weighted by atomic mass is 9.96. The predicted octanol–water partition coefficient (Wildman–Crippen LogP) is 2.59. The molecule has 3 nitrogen and oxygen atoms in total. The molecule has 86 valence electrons. The van der Waals surface area contributed by atoms with Gasteiger partial charge >= 0.3 is 5.97 Å². The summed E-state index contributed by atoms with van der Waals surface area (Å²) in [5.74, 6) is -1.95. The maximum Gasteiger partial charge on any atom is 0.338 e. The minimum absolute atomic E-state index is 0.294. The SMILES string of the molecule is O=C(O)c1ccc(COC2CCC2)cc1F. The lowest BCUT2D eigenvalue weighted by Gasteiger charge is -2.25. The summed E-state index contributed by atoms with van der Waals surface area (Å²) in [6.45, 7) is 0.349. The van der Waals surface area contributed by atoms with Crippen molar-refractivity contribution < 1.29 is 19.0 Å². The Morgan fingerprint density at radius 3 is 2.75 bits per heavy atom. The van der Waals surface area contributed by atoms with Crippen LogP contribution in [0.25, 0.3) is 0 Å². The predicted molar refractivity (Wildman–Crippen MR) is 55.8 cm³/mol. The zero-order chi connectivity index (χ0) is 11.5. The Hall–Kier alpha value is -1.42. The standard InChI is InChI=1S/C12H13FO3/c13-11-6-8(4-5-10(11)12(14)15)7-16-9-2-1-3-9/h4-6,9H,1-3,7H2,(H,14,15). The molecule has 16 heavy (non-hydrogen) atoms. The van der Waals surface area contributed by atoms with Gasteiger partial charge in [-0.15, -0.1) is 0 Å². The zero-order valence-electron chi connectivity index (χ0n) is 8.78. The third kappa shape index (κ3) is 2.39. The molecule has 0 spiro atoms. The Labute approximate surface area is 92.9 Å². The van der Waals surface area contributed by atoms with Gasteiger partial charge in [0.2, 0.25) is 0 Å². The van der Waals surface area contributed by atoms with E-state index in [0.717, 1.165) is 12.8 Å². The summed E-state index contributed by atoms with van der Waals surface area (Å²) in [5.41, 5.74) is 0.377. The first-order valence-corrected chi connectivity index (χ1v) is 5.30. The first kappa shape index (κ1) is 11.1. The van der Waals surface area contributed by atoms with Crippen molar-refractivity contribution in [3.05, 3.63) is 35.1 Å². The van der Waals surface area contributed by atoms with Gasteiger partial charge in [-0.25, -0.2) is 9.18 Å². The Balaban J connectivity index is 1.99. The van der Waals surface area contributed by atoms with Gasteiger partial charge in [0.05, 0.1) is 18.3 Å². The molecule has 4 heteroatoms. The van der Waals surface area contributed by atoms with Crippen LogP contribution in [0.2, 0.25) is 0 Å². The number of rotatable bonds is 4. The monoisotopic (exact) mass is 224 g/mol. The number of benzene rings is 1. The van der Waals surface area contributed by atoms with Crippen molar-refractivity contribution in [1.29, 1.82) is 0 Å². The van der Waals surface area contributed by atoms with Crippen LogP contribution in [0.5, 0.6) is 0 Å². The van der Waals surface area contributed by atoms with Crippen LogP contribution < -0.4 is 0 Å². The van der Waals surface area contributed by atoms with Crippen LogP contribution in [0, 0.1) is 5.82 Å². The number of ether oxygens (including phenoxy) is 1. The van der Waals surface area contributed by atoms with Crippen LogP contribution in [-0.2, 0) is 11.3 Å². The first-order chi connectivity index (χ1) is 7.66. The highest BCUT2D eigenvalue weighted by Crippen LogP contribution is 2.23. The topological polar surface area (TPSA) is 46.5 Å². The van der Waals surface area contributed by atoms with E-state index < -0.39 is 11.8 Å². The van der Waals surface area contributed by atoms with Crippen molar-refractivity contribution >= 4 is 5.97 Å². The van der Waals surface area contributed by atoms with E-state index in [4.69, 9.17) is 9.84 Å². The molecular formula is C12H13FO3. The molecule has 0 unspecified atom stereocenters. The fourth-order valence-electron chi connectivity index (χ4n) is 1.57. The van der Waals surface area contributed by atoms with Crippen LogP contribution in [0.1, 0.15) is 35.2 Å². The molecule has 0 heterocycles. The van der Waals surface area contributed by atoms with Crippen molar-refractivity contribution in [3.63, 3.8) is 0 Å². The Morgan fingerprint density at radius 2 is 2.25 bits per heavy atom. The number of hydrogen-bond acceptors (Lipinski definition) is 2. The lowest BCUT2D eigenvalue weighted by Crippen LogP contribution is -2.21. The van der Waals surface area contributed by atoms with Gasteiger partial charge in [0.1, 0.15) is 5.82 Å². The number of carboxylic acids is 1. The normalized spacial score (nSPS) is 15.8. The van der Waals surface area contributed by atoms with E-state index in [0.29, 0.717) is 18.3 Å². The molecule has 0 bridgehead atoms. The molecule has 0 aromatic heterocycles. The Bertz CT molecular complexity index is 399. The number of halogens is 1. The highest BCUT2D eigenvalue weighted by atomic mass is 19.1. The summed E-state index contributed by atoms with van der Waals surface area (Å²) in [7, 11) is 0. The third-order valence-electron chi connectivity index (χ3n) is 2.80. The van der Waals surface area contributed by atoms with Crippen molar-refractivity contribution in [1.82, 2.24) is 0 Å². The number of carbonyl (C=O) groups is 1. The highest BCUT2D eigenvalue weighted by molar-refractivity contribution is 5.87. The summed E-state index contributed by atoms with van der Waals surface area (Å²) in [4.78, 5) is 10.6. The average molecular weight is 224 g/mol. The van der Waals surface area contributed by atoms with Gasteiger partial charge in [-0.05, 0) is 37.0 Å². The Kier molecular flexibility index (Phi) is 3.19. The second kappa shape index (κ2) is 4.61. The van der Waals surface area contributed by atoms with E-state index in [1.165, 1.54) is 18.6 Å². The molecule has 0 amide bonds. The van der Waals surface area contributed by atoms with E-state index in [2.05, 4.69) is 0 Å². The van der Waals surface area contributed by atoms with E-state index in [9.17, 15) is 9.18 Å². The second-order valence-corrected chi connectivity index (χ2v) is 3.98. The Morgan fingerprint density at radius 1 is 1.50 bits per heavy atom. The van der Waals surface area contributed by atoms with Crippen LogP contribution in [0.15, 0.2) is 18.2 Å². The minimum Gasteiger partial charge on any atom is -0.478 e. The quantitative estimate of drug-likeness (QED) is 0.855. The number of aromatic carboxylic acids is 1. The van der Waals surface area contributed by atoms with Gasteiger partial charge in [-0.3, -0.25) is 0 Å². The molecule has 1 aromatic carbocycles. The lowest BCUT2D eigenvalue weighted by molar-refractivity contribution is -0.00877.